The van der Waals surface area contributed by atoms with Crippen molar-refractivity contribution < 1.29 is 14.2 Å². The lowest BCUT2D eigenvalue weighted by atomic mass is 9.88. The Bertz CT molecular complexity index is 448. The molecule has 3 nitrogen and oxygen atoms in total. The fourth-order valence-corrected chi connectivity index (χ4v) is 2.62. The monoisotopic (exact) mass is 281 g/mol. The maximum absolute atomic E-state index is 13.1. The summed E-state index contributed by atoms with van der Waals surface area (Å²) in [6.07, 6.45) is 2.67. The molecule has 4 heteroatoms. The molecule has 1 unspecified atom stereocenters. The molecule has 20 heavy (non-hydrogen) atoms. The Morgan fingerprint density at radius 1 is 1.45 bits per heavy atom. The molecule has 1 heterocycles. The highest BCUT2D eigenvalue weighted by molar-refractivity contribution is 5.37. The molecule has 0 amide bonds. The van der Waals surface area contributed by atoms with Crippen molar-refractivity contribution in [1.29, 1.82) is 0 Å². The second-order valence-electron chi connectivity index (χ2n) is 6.32. The quantitative estimate of drug-likeness (QED) is 0.807. The van der Waals surface area contributed by atoms with E-state index in [1.54, 1.807) is 12.1 Å². The number of benzene rings is 1. The first-order valence-electron chi connectivity index (χ1n) is 7.27. The fourth-order valence-electron chi connectivity index (χ4n) is 2.62. The summed E-state index contributed by atoms with van der Waals surface area (Å²) >= 11 is 0. The van der Waals surface area contributed by atoms with E-state index in [1.807, 2.05) is 0 Å². The Hall–Kier alpha value is -1.13. The Morgan fingerprint density at radius 3 is 3.00 bits per heavy atom. The van der Waals surface area contributed by atoms with Crippen LogP contribution in [0.1, 0.15) is 32.3 Å². The third-order valence-electron chi connectivity index (χ3n) is 3.75. The van der Waals surface area contributed by atoms with Crippen LogP contribution in [0.15, 0.2) is 18.2 Å². The number of halogens is 1. The van der Waals surface area contributed by atoms with Crippen molar-refractivity contribution >= 4 is 0 Å². The highest BCUT2D eigenvalue weighted by Crippen LogP contribution is 2.29. The molecule has 1 atom stereocenters. The molecule has 0 aliphatic carbocycles. The number of hydrogen-bond donors (Lipinski definition) is 2. The van der Waals surface area contributed by atoms with Crippen molar-refractivity contribution in [2.45, 2.75) is 39.2 Å². The molecule has 1 aliphatic rings. The molecular formula is C16H24FNO2. The van der Waals surface area contributed by atoms with Gasteiger partial charge in [-0.1, -0.05) is 13.8 Å². The standard InChI is InChI=1S/C16H24FNO2/c1-16(2,6-3-7-19)11-18-10-14-9-12-8-13(17)4-5-15(12)20-14/h4-5,8,14,18-19H,3,6-7,9-11H2,1-2H3. The summed E-state index contributed by atoms with van der Waals surface area (Å²) in [7, 11) is 0. The summed E-state index contributed by atoms with van der Waals surface area (Å²) in [6.45, 7) is 6.27. The van der Waals surface area contributed by atoms with Crippen LogP contribution in [-0.4, -0.2) is 30.9 Å². The lowest BCUT2D eigenvalue weighted by Gasteiger charge is -2.25. The summed E-state index contributed by atoms with van der Waals surface area (Å²) in [4.78, 5) is 0. The third kappa shape index (κ3) is 4.18. The molecule has 0 saturated heterocycles. The van der Waals surface area contributed by atoms with Crippen LogP contribution in [0.25, 0.3) is 0 Å². The van der Waals surface area contributed by atoms with E-state index < -0.39 is 0 Å². The minimum Gasteiger partial charge on any atom is -0.488 e. The first kappa shape index (κ1) is 15.3. The van der Waals surface area contributed by atoms with Crippen LogP contribution in [0, 0.1) is 11.2 Å². The van der Waals surface area contributed by atoms with Gasteiger partial charge in [-0.05, 0) is 36.5 Å². The number of aliphatic hydroxyl groups excluding tert-OH is 1. The molecule has 0 aromatic heterocycles. The number of hydrogen-bond acceptors (Lipinski definition) is 3. The summed E-state index contributed by atoms with van der Waals surface area (Å²) in [6, 6.07) is 4.70. The minimum atomic E-state index is -0.203. The van der Waals surface area contributed by atoms with Gasteiger partial charge in [0.15, 0.2) is 0 Å². The second-order valence-corrected chi connectivity index (χ2v) is 6.32. The van der Waals surface area contributed by atoms with Crippen LogP contribution >= 0.6 is 0 Å². The molecule has 0 fully saturated rings. The van der Waals surface area contributed by atoms with Crippen molar-refractivity contribution in [3.63, 3.8) is 0 Å². The zero-order valence-corrected chi connectivity index (χ0v) is 12.3. The van der Waals surface area contributed by atoms with E-state index >= 15 is 0 Å². The molecule has 2 N–H and O–H groups in total. The van der Waals surface area contributed by atoms with Crippen LogP contribution < -0.4 is 10.1 Å². The molecule has 1 aliphatic heterocycles. The van der Waals surface area contributed by atoms with E-state index in [-0.39, 0.29) is 23.9 Å². The van der Waals surface area contributed by atoms with Crippen molar-refractivity contribution in [3.8, 4) is 5.75 Å². The van der Waals surface area contributed by atoms with Gasteiger partial charge in [-0.2, -0.15) is 0 Å². The van der Waals surface area contributed by atoms with Crippen LogP contribution in [0.4, 0.5) is 4.39 Å². The molecule has 1 aromatic rings. The van der Waals surface area contributed by atoms with Crippen LogP contribution in [0.2, 0.25) is 0 Å². The summed E-state index contributed by atoms with van der Waals surface area (Å²) in [5.74, 6) is 0.601. The highest BCUT2D eigenvalue weighted by Gasteiger charge is 2.24. The molecule has 2 rings (SSSR count). The van der Waals surface area contributed by atoms with Crippen molar-refractivity contribution in [2.24, 2.45) is 5.41 Å². The van der Waals surface area contributed by atoms with E-state index in [1.165, 1.54) is 6.07 Å². The van der Waals surface area contributed by atoms with Gasteiger partial charge in [0.25, 0.3) is 0 Å². The van der Waals surface area contributed by atoms with E-state index in [4.69, 9.17) is 9.84 Å². The maximum Gasteiger partial charge on any atom is 0.123 e. The summed E-state index contributed by atoms with van der Waals surface area (Å²) in [5.41, 5.74) is 1.12. The molecule has 0 spiro atoms. The van der Waals surface area contributed by atoms with E-state index in [9.17, 15) is 4.39 Å². The van der Waals surface area contributed by atoms with Gasteiger partial charge < -0.3 is 15.2 Å². The molecular weight excluding hydrogens is 257 g/mol. The first-order chi connectivity index (χ1) is 9.50. The van der Waals surface area contributed by atoms with Gasteiger partial charge in [0.05, 0.1) is 0 Å². The summed E-state index contributed by atoms with van der Waals surface area (Å²) < 4.78 is 18.9. The van der Waals surface area contributed by atoms with Crippen LogP contribution in [0.3, 0.4) is 0 Å². The number of nitrogens with one attached hydrogen (secondary N) is 1. The number of aliphatic hydroxyl groups is 1. The van der Waals surface area contributed by atoms with Gasteiger partial charge in [-0.15, -0.1) is 0 Å². The molecule has 0 saturated carbocycles. The predicted molar refractivity (Wildman–Crippen MR) is 77.5 cm³/mol. The van der Waals surface area contributed by atoms with Crippen molar-refractivity contribution in [2.75, 3.05) is 19.7 Å². The fraction of sp³-hybridized carbons (Fsp3) is 0.625. The average Bonchev–Trinajstić information content (AvgIpc) is 2.78. The van der Waals surface area contributed by atoms with Gasteiger partial charge in [0, 0.05) is 31.7 Å². The number of rotatable bonds is 7. The second kappa shape index (κ2) is 6.55. The topological polar surface area (TPSA) is 41.5 Å². The van der Waals surface area contributed by atoms with Gasteiger partial charge in [-0.25, -0.2) is 4.39 Å². The zero-order valence-electron chi connectivity index (χ0n) is 12.3. The molecule has 1 aromatic carbocycles. The maximum atomic E-state index is 13.1. The van der Waals surface area contributed by atoms with Gasteiger partial charge in [-0.3, -0.25) is 0 Å². The predicted octanol–water partition coefficient (Wildman–Crippen LogP) is 2.52. The summed E-state index contributed by atoms with van der Waals surface area (Å²) in [5, 5.41) is 12.3. The SMILES string of the molecule is CC(C)(CCCO)CNCC1Cc2cc(F)ccc2O1. The van der Waals surface area contributed by atoms with E-state index in [0.29, 0.717) is 0 Å². The smallest absolute Gasteiger partial charge is 0.123 e. The normalized spacial score (nSPS) is 17.9. The van der Waals surface area contributed by atoms with Crippen LogP contribution in [-0.2, 0) is 6.42 Å². The minimum absolute atomic E-state index is 0.0837. The lowest BCUT2D eigenvalue weighted by molar-refractivity contribution is 0.205. The van der Waals surface area contributed by atoms with Gasteiger partial charge >= 0.3 is 0 Å². The number of ether oxygens (including phenoxy) is 1. The van der Waals surface area contributed by atoms with Gasteiger partial charge in [0.1, 0.15) is 17.7 Å². The Morgan fingerprint density at radius 2 is 2.25 bits per heavy atom. The zero-order chi connectivity index (χ0) is 14.6. The van der Waals surface area contributed by atoms with Crippen LogP contribution in [0.5, 0.6) is 5.75 Å². The van der Waals surface area contributed by atoms with E-state index in [0.717, 1.165) is 43.7 Å². The largest absolute Gasteiger partial charge is 0.488 e. The highest BCUT2D eigenvalue weighted by atomic mass is 19.1. The molecule has 0 bridgehead atoms. The Balaban J connectivity index is 1.74. The number of fused-ring (bicyclic) bond motifs is 1. The van der Waals surface area contributed by atoms with Crippen molar-refractivity contribution in [3.05, 3.63) is 29.6 Å². The molecule has 0 radical (unpaired) electrons. The van der Waals surface area contributed by atoms with Gasteiger partial charge in [0.2, 0.25) is 0 Å². The van der Waals surface area contributed by atoms with E-state index in [2.05, 4.69) is 19.2 Å². The third-order valence-corrected chi connectivity index (χ3v) is 3.75. The first-order valence-corrected chi connectivity index (χ1v) is 7.27. The molecule has 112 valence electrons. The average molecular weight is 281 g/mol. The Labute approximate surface area is 120 Å². The Kier molecular flexibility index (Phi) is 5.00. The lowest BCUT2D eigenvalue weighted by Crippen LogP contribution is -2.36. The van der Waals surface area contributed by atoms with Crippen molar-refractivity contribution in [1.82, 2.24) is 5.32 Å².